The van der Waals surface area contributed by atoms with Crippen molar-refractivity contribution in [3.05, 3.63) is 514 Å². The molecule has 0 N–H and O–H groups in total. The maximum Gasteiger partial charge on any atom is 0.0726 e. The summed E-state index contributed by atoms with van der Waals surface area (Å²) < 4.78 is 0. The normalized spacial score (nSPS) is 11.6. The molecular formula is C116H90N6. The lowest BCUT2D eigenvalue weighted by molar-refractivity contribution is 0.793. The summed E-state index contributed by atoms with van der Waals surface area (Å²) in [6.45, 7) is 0. The van der Waals surface area contributed by atoms with Gasteiger partial charge in [0.15, 0.2) is 0 Å². The van der Waals surface area contributed by atoms with E-state index in [1.807, 2.05) is 12.1 Å². The van der Waals surface area contributed by atoms with Crippen molar-refractivity contribution in [1.29, 1.82) is 0 Å². The van der Waals surface area contributed by atoms with E-state index in [0.717, 1.165) is 62.6 Å². The van der Waals surface area contributed by atoms with Crippen molar-refractivity contribution >= 4 is 96.1 Å². The first-order chi connectivity index (χ1) is 60.3. The number of fused-ring (bicyclic) bond motifs is 11. The molecule has 19 aromatic carbocycles. The maximum absolute atomic E-state index is 2.46. The lowest BCUT2D eigenvalue weighted by Gasteiger charge is -2.32. The highest BCUT2D eigenvalue weighted by atomic mass is 15.2. The quantitative estimate of drug-likeness (QED) is 0.0847. The summed E-state index contributed by atoms with van der Waals surface area (Å²) in [5, 5.41) is 2.41. The van der Waals surface area contributed by atoms with Gasteiger partial charge in [0.25, 0.3) is 0 Å². The van der Waals surface area contributed by atoms with Gasteiger partial charge >= 0.3 is 0 Å². The van der Waals surface area contributed by atoms with E-state index < -0.39 is 0 Å². The summed E-state index contributed by atoms with van der Waals surface area (Å²) in [4.78, 5) is 13.7. The molecule has 0 bridgehead atoms. The Bertz CT molecular complexity index is 6560. The van der Waals surface area contributed by atoms with Crippen molar-refractivity contribution in [3.8, 4) is 55.6 Å². The van der Waals surface area contributed by atoms with Crippen molar-refractivity contribution in [1.82, 2.24) is 0 Å². The molecule has 2 aliphatic rings. The first-order valence-corrected chi connectivity index (χ1v) is 41.8. The van der Waals surface area contributed by atoms with Gasteiger partial charge in [-0.1, -0.05) is 322 Å². The summed E-state index contributed by atoms with van der Waals surface area (Å²) in [5.41, 5.74) is 34.9. The molecule has 0 fully saturated rings. The number of hydrogen-bond donors (Lipinski definition) is 0. The standard InChI is InChI=1S/C48H34N2.C37H30N2.C31H26N2/c1-49(46-30-31-47(41-24-9-8-23-40(41)46)50(33-16-4-2-5-17-33)34-18-6-3-7-19-34)35-28-29-39-38-22-12-15-27-44(38)48(45(39)32-35)42-25-13-10-20-36(42)37-21-11-14-26-43(37)48;1-38(33-23-17-30(18-24-33)29-11-5-2-6-12-29)34-25-19-31(20-26-34)32-21-27-37(28-22-32)39(35-13-7-3-8-14-35)36-15-9-4-10-16-36;1-32(27-11-5-2-6-12-27)28-21-17-25(18-22-28)26-19-23-31(24-20-26)33(29-13-7-3-8-14-29)30-15-9-4-10-16-30/h2-32H,1H3;2-28H,1H3;2-24H,1H3. The van der Waals surface area contributed by atoms with E-state index in [4.69, 9.17) is 0 Å². The number of hydrogen-bond acceptors (Lipinski definition) is 6. The van der Waals surface area contributed by atoms with E-state index >= 15 is 0 Å². The second-order valence-corrected chi connectivity index (χ2v) is 30.9. The predicted octanol–water partition coefficient (Wildman–Crippen LogP) is 31.3. The number of benzene rings is 19. The molecule has 0 aliphatic heterocycles. The molecule has 2 aliphatic carbocycles. The zero-order valence-electron chi connectivity index (χ0n) is 68.4. The highest BCUT2D eigenvalue weighted by Gasteiger charge is 2.51. The van der Waals surface area contributed by atoms with Crippen LogP contribution in [0.15, 0.2) is 491 Å². The smallest absolute Gasteiger partial charge is 0.0726 e. The lowest BCUT2D eigenvalue weighted by atomic mass is 9.70. The van der Waals surface area contributed by atoms with Gasteiger partial charge in [0.2, 0.25) is 0 Å². The van der Waals surface area contributed by atoms with Crippen molar-refractivity contribution in [3.63, 3.8) is 0 Å². The fraction of sp³-hybridized carbons (Fsp3) is 0.0345. The number of nitrogens with zero attached hydrogens (tertiary/aromatic N) is 6. The molecule has 0 atom stereocenters. The Labute approximate surface area is 716 Å². The summed E-state index contributed by atoms with van der Waals surface area (Å²) in [5.74, 6) is 0. The van der Waals surface area contributed by atoms with Crippen LogP contribution in [0.3, 0.4) is 0 Å². The highest BCUT2D eigenvalue weighted by molar-refractivity contribution is 6.06. The Balaban J connectivity index is 0.000000124. The monoisotopic (exact) mass is 1570 g/mol. The Morgan fingerprint density at radius 3 is 0.705 bits per heavy atom. The Kier molecular flexibility index (Phi) is 21.5. The van der Waals surface area contributed by atoms with Crippen molar-refractivity contribution in [2.24, 2.45) is 0 Å². The lowest BCUT2D eigenvalue weighted by Crippen LogP contribution is -2.26. The van der Waals surface area contributed by atoms with Gasteiger partial charge in [-0.3, -0.25) is 0 Å². The number of rotatable bonds is 18. The molecule has 6 nitrogen and oxygen atoms in total. The minimum atomic E-state index is -0.367. The van der Waals surface area contributed by atoms with Crippen LogP contribution in [-0.4, -0.2) is 21.1 Å². The molecule has 0 aromatic heterocycles. The van der Waals surface area contributed by atoms with Crippen molar-refractivity contribution in [2.45, 2.75) is 5.41 Å². The summed E-state index contributed by atoms with van der Waals surface area (Å²) >= 11 is 0. The fourth-order valence-electron chi connectivity index (χ4n) is 17.8. The van der Waals surface area contributed by atoms with E-state index in [1.54, 1.807) is 0 Å². The molecular weight excluding hydrogens is 1480 g/mol. The van der Waals surface area contributed by atoms with Crippen LogP contribution in [0.5, 0.6) is 0 Å². The third-order valence-electron chi connectivity index (χ3n) is 23.9. The minimum absolute atomic E-state index is 0.367. The van der Waals surface area contributed by atoms with Gasteiger partial charge < -0.3 is 29.4 Å². The molecule has 1 spiro atoms. The molecule has 122 heavy (non-hydrogen) atoms. The molecule has 19 aromatic rings. The van der Waals surface area contributed by atoms with Crippen molar-refractivity contribution < 1.29 is 0 Å². The molecule has 0 radical (unpaired) electrons. The summed E-state index contributed by atoms with van der Waals surface area (Å²) in [7, 11) is 6.42. The second-order valence-electron chi connectivity index (χ2n) is 30.9. The first-order valence-electron chi connectivity index (χ1n) is 41.8. The highest BCUT2D eigenvalue weighted by Crippen LogP contribution is 2.63. The average Bonchev–Trinajstić information content (AvgIpc) is 1.51. The Morgan fingerprint density at radius 2 is 0.369 bits per heavy atom. The minimum Gasteiger partial charge on any atom is -0.345 e. The van der Waals surface area contributed by atoms with Crippen LogP contribution >= 0.6 is 0 Å². The van der Waals surface area contributed by atoms with Crippen LogP contribution in [0.1, 0.15) is 22.3 Å². The Hall–Kier alpha value is -15.8. The van der Waals surface area contributed by atoms with Gasteiger partial charge in [0.1, 0.15) is 0 Å². The third-order valence-corrected chi connectivity index (χ3v) is 23.9. The van der Waals surface area contributed by atoms with Crippen LogP contribution in [-0.2, 0) is 5.41 Å². The third kappa shape index (κ3) is 15.0. The van der Waals surface area contributed by atoms with Crippen molar-refractivity contribution in [2.75, 3.05) is 50.5 Å². The molecule has 6 heteroatoms. The zero-order valence-corrected chi connectivity index (χ0v) is 68.4. The molecule has 0 heterocycles. The van der Waals surface area contributed by atoms with Crippen LogP contribution in [0.2, 0.25) is 0 Å². The maximum atomic E-state index is 2.46. The number of para-hydroxylation sites is 7. The summed E-state index contributed by atoms with van der Waals surface area (Å²) in [6.07, 6.45) is 0. The van der Waals surface area contributed by atoms with Gasteiger partial charge in [-0.25, -0.2) is 0 Å². The van der Waals surface area contributed by atoms with Crippen LogP contribution in [0.4, 0.5) is 85.3 Å². The topological polar surface area (TPSA) is 19.4 Å². The predicted molar refractivity (Wildman–Crippen MR) is 517 cm³/mol. The molecule has 0 saturated heterocycles. The fourth-order valence-corrected chi connectivity index (χ4v) is 17.8. The van der Waals surface area contributed by atoms with Gasteiger partial charge in [-0.05, 0) is 248 Å². The van der Waals surface area contributed by atoms with Crippen LogP contribution < -0.4 is 29.4 Å². The molecule has 21 rings (SSSR count). The van der Waals surface area contributed by atoms with Gasteiger partial charge in [-0.15, -0.1) is 0 Å². The molecule has 0 saturated carbocycles. The molecule has 0 unspecified atom stereocenters. The first kappa shape index (κ1) is 76.2. The molecule has 584 valence electrons. The Morgan fingerprint density at radius 1 is 0.148 bits per heavy atom. The van der Waals surface area contributed by atoms with E-state index in [-0.39, 0.29) is 5.41 Å². The number of anilines is 15. The van der Waals surface area contributed by atoms with Gasteiger partial charge in [0.05, 0.1) is 11.1 Å². The largest absolute Gasteiger partial charge is 0.345 e. The van der Waals surface area contributed by atoms with Crippen LogP contribution in [0, 0.1) is 0 Å². The van der Waals surface area contributed by atoms with Gasteiger partial charge in [-0.2, -0.15) is 0 Å². The molecule has 0 amide bonds. The second kappa shape index (κ2) is 34.4. The van der Waals surface area contributed by atoms with E-state index in [0.29, 0.717) is 0 Å². The average molecular weight is 1570 g/mol. The summed E-state index contributed by atoms with van der Waals surface area (Å²) in [6, 6.07) is 176. The van der Waals surface area contributed by atoms with Gasteiger partial charge in [0, 0.05) is 112 Å². The zero-order chi connectivity index (χ0) is 82.1. The van der Waals surface area contributed by atoms with E-state index in [1.165, 1.54) is 111 Å². The SMILES string of the molecule is CN(c1ccc(-c2ccccc2)cc1)c1ccc(-c2ccc(N(c3ccccc3)c3ccccc3)cc2)cc1.CN(c1ccc2c(c1)C1(c3ccccc3-c3ccccc31)c1ccccc1-2)c1ccc(N(c2ccccc2)c2ccccc2)c2ccccc12.CN(c1ccccc1)c1ccc(-c2ccc(N(c3ccccc3)c3ccccc3)cc2)cc1. The van der Waals surface area contributed by atoms with E-state index in [2.05, 4.69) is 530 Å². The van der Waals surface area contributed by atoms with Crippen LogP contribution in [0.25, 0.3) is 66.4 Å². The van der Waals surface area contributed by atoms with E-state index in [9.17, 15) is 0 Å².